The van der Waals surface area contributed by atoms with E-state index in [2.05, 4.69) is 26.1 Å². The van der Waals surface area contributed by atoms with Crippen LogP contribution in [0.3, 0.4) is 0 Å². The van der Waals surface area contributed by atoms with Gasteiger partial charge in [0.15, 0.2) is 0 Å². The summed E-state index contributed by atoms with van der Waals surface area (Å²) in [5.41, 5.74) is 6.10. The van der Waals surface area contributed by atoms with Gasteiger partial charge in [-0.15, -0.1) is 0 Å². The van der Waals surface area contributed by atoms with Crippen LogP contribution in [0.5, 0.6) is 0 Å². The first kappa shape index (κ1) is 24.5. The molecule has 0 spiro atoms. The minimum atomic E-state index is -0.213. The molecule has 4 rings (SSSR count). The van der Waals surface area contributed by atoms with Gasteiger partial charge in [0.25, 0.3) is 0 Å². The van der Waals surface area contributed by atoms with Crippen molar-refractivity contribution >= 4 is 5.91 Å². The van der Waals surface area contributed by atoms with Gasteiger partial charge in [0, 0.05) is 13.0 Å². The molecule has 32 heavy (non-hydrogen) atoms. The van der Waals surface area contributed by atoms with Crippen LogP contribution in [0.1, 0.15) is 91.4 Å². The molecule has 4 aliphatic carbocycles. The van der Waals surface area contributed by atoms with Crippen LogP contribution in [0.15, 0.2) is 0 Å². The maximum atomic E-state index is 12.2. The highest BCUT2D eigenvalue weighted by molar-refractivity contribution is 5.75. The summed E-state index contributed by atoms with van der Waals surface area (Å²) in [6.07, 6.45) is 10.8. The number of fused-ring (bicyclic) bond motifs is 5. The molecule has 10 atom stereocenters. The largest absolute Gasteiger partial charge is 0.393 e. The predicted octanol–water partition coefficient (Wildman–Crippen LogP) is 3.86. The number of hydrogen-bond donors (Lipinski definition) is 4. The first-order chi connectivity index (χ1) is 15.2. The van der Waals surface area contributed by atoms with E-state index in [0.717, 1.165) is 38.5 Å². The summed E-state index contributed by atoms with van der Waals surface area (Å²) < 4.78 is 0. The second-order valence-corrected chi connectivity index (χ2v) is 12.5. The van der Waals surface area contributed by atoms with Crippen LogP contribution in [-0.4, -0.2) is 41.4 Å². The van der Waals surface area contributed by atoms with E-state index in [4.69, 9.17) is 5.73 Å². The highest BCUT2D eigenvalue weighted by atomic mass is 16.3. The van der Waals surface area contributed by atoms with E-state index in [0.29, 0.717) is 55.0 Å². The van der Waals surface area contributed by atoms with Crippen LogP contribution < -0.4 is 11.1 Å². The first-order valence-corrected chi connectivity index (χ1v) is 13.5. The molecule has 4 fully saturated rings. The third-order valence-corrected chi connectivity index (χ3v) is 10.9. The van der Waals surface area contributed by atoms with Gasteiger partial charge in [-0.3, -0.25) is 4.79 Å². The van der Waals surface area contributed by atoms with Gasteiger partial charge in [0.05, 0.1) is 12.2 Å². The fraction of sp³-hybridized carbons (Fsp3) is 0.963. The Bertz CT molecular complexity index is 671. The molecule has 0 unspecified atom stereocenters. The van der Waals surface area contributed by atoms with E-state index in [1.807, 2.05) is 0 Å². The molecule has 4 aliphatic rings. The summed E-state index contributed by atoms with van der Waals surface area (Å²) in [6, 6.07) is 0. The minimum absolute atomic E-state index is 0.162. The van der Waals surface area contributed by atoms with Gasteiger partial charge < -0.3 is 21.3 Å². The summed E-state index contributed by atoms with van der Waals surface area (Å²) >= 11 is 0. The number of nitrogens with two attached hydrogens (primary N) is 1. The average Bonchev–Trinajstić information content (AvgIpc) is 3.11. The molecule has 0 radical (unpaired) electrons. The highest BCUT2D eigenvalue weighted by Gasteiger charge is 2.62. The lowest BCUT2D eigenvalue weighted by Gasteiger charge is -2.62. The van der Waals surface area contributed by atoms with Crippen molar-refractivity contribution in [2.24, 2.45) is 52.1 Å². The Balaban J connectivity index is 1.42. The topological polar surface area (TPSA) is 95.6 Å². The third kappa shape index (κ3) is 4.27. The molecular formula is C27H48N2O3. The fourth-order valence-corrected chi connectivity index (χ4v) is 9.15. The van der Waals surface area contributed by atoms with Crippen LogP contribution >= 0.6 is 0 Å². The zero-order valence-electron chi connectivity index (χ0n) is 20.7. The van der Waals surface area contributed by atoms with E-state index in [9.17, 15) is 15.0 Å². The number of amides is 1. The molecule has 1 amide bonds. The molecule has 0 heterocycles. The van der Waals surface area contributed by atoms with Crippen molar-refractivity contribution in [3.05, 3.63) is 0 Å². The number of rotatable bonds is 7. The number of nitrogens with one attached hydrogen (secondary N) is 1. The summed E-state index contributed by atoms with van der Waals surface area (Å²) in [6.45, 7) is 8.65. The van der Waals surface area contributed by atoms with Crippen LogP contribution in [0.4, 0.5) is 0 Å². The van der Waals surface area contributed by atoms with Gasteiger partial charge in [0.2, 0.25) is 5.91 Å². The molecule has 0 saturated heterocycles. The molecule has 0 aromatic heterocycles. The van der Waals surface area contributed by atoms with Crippen molar-refractivity contribution in [2.75, 3.05) is 13.1 Å². The van der Waals surface area contributed by atoms with Crippen LogP contribution in [0.2, 0.25) is 0 Å². The van der Waals surface area contributed by atoms with E-state index in [-0.39, 0.29) is 28.9 Å². The summed E-state index contributed by atoms with van der Waals surface area (Å²) in [5, 5.41) is 24.6. The van der Waals surface area contributed by atoms with E-state index in [1.165, 1.54) is 25.7 Å². The van der Waals surface area contributed by atoms with Gasteiger partial charge in [-0.05, 0) is 117 Å². The Hall–Kier alpha value is -0.650. The molecule has 5 heteroatoms. The summed E-state index contributed by atoms with van der Waals surface area (Å²) in [4.78, 5) is 12.2. The number of aliphatic hydroxyl groups is 2. The van der Waals surface area contributed by atoms with Crippen molar-refractivity contribution in [3.8, 4) is 0 Å². The van der Waals surface area contributed by atoms with Crippen molar-refractivity contribution in [3.63, 3.8) is 0 Å². The fourth-order valence-electron chi connectivity index (χ4n) is 9.15. The standard InChI is InChI=1S/C27H48N2O3/c1-17(5-8-24(32)29-14-4-13-28)20-6-7-21-25-22(10-12-27(20,21)3)26(2)11-9-19(30)15-18(26)16-23(25)31/h17-23,25,30-31H,4-16,28H2,1-3H3,(H,29,32)/t17-,18+,19-,20-,21+,22+,23-,25+,26+,27-/m1/s1. The van der Waals surface area contributed by atoms with Crippen molar-refractivity contribution < 1.29 is 15.0 Å². The van der Waals surface area contributed by atoms with Crippen LogP contribution in [0.25, 0.3) is 0 Å². The quantitative estimate of drug-likeness (QED) is 0.445. The van der Waals surface area contributed by atoms with Gasteiger partial charge in [-0.25, -0.2) is 0 Å². The van der Waals surface area contributed by atoms with Gasteiger partial charge >= 0.3 is 0 Å². The normalized spacial score (nSPS) is 46.6. The van der Waals surface area contributed by atoms with Crippen LogP contribution in [0, 0.1) is 46.3 Å². The number of carbonyl (C=O) groups excluding carboxylic acids is 1. The third-order valence-electron chi connectivity index (χ3n) is 10.9. The van der Waals surface area contributed by atoms with Crippen molar-refractivity contribution in [1.29, 1.82) is 0 Å². The lowest BCUT2D eigenvalue weighted by molar-refractivity contribution is -0.174. The van der Waals surface area contributed by atoms with Crippen LogP contribution in [-0.2, 0) is 4.79 Å². The SMILES string of the molecule is C[C@H](CCC(=O)NCCCN)[C@H]1CC[C@H]2[C@@H]3[C@H](O)C[C@@H]4C[C@H](O)CC[C@]4(C)[C@H]3CC[C@]12C. The number of aliphatic hydroxyl groups excluding tert-OH is 2. The number of hydrogen-bond acceptors (Lipinski definition) is 4. The lowest BCUT2D eigenvalue weighted by Crippen LogP contribution is -2.58. The zero-order valence-corrected chi connectivity index (χ0v) is 20.7. The maximum absolute atomic E-state index is 12.2. The molecule has 5 N–H and O–H groups in total. The Labute approximate surface area is 195 Å². The van der Waals surface area contributed by atoms with Crippen molar-refractivity contribution in [2.45, 2.75) is 104 Å². The monoisotopic (exact) mass is 448 g/mol. The Morgan fingerprint density at radius 2 is 1.78 bits per heavy atom. The molecule has 0 aliphatic heterocycles. The first-order valence-electron chi connectivity index (χ1n) is 13.5. The van der Waals surface area contributed by atoms with E-state index >= 15 is 0 Å². The molecule has 0 bridgehead atoms. The second-order valence-electron chi connectivity index (χ2n) is 12.5. The maximum Gasteiger partial charge on any atom is 0.220 e. The molecule has 0 aromatic rings. The summed E-state index contributed by atoms with van der Waals surface area (Å²) in [7, 11) is 0. The molecular weight excluding hydrogens is 400 g/mol. The smallest absolute Gasteiger partial charge is 0.220 e. The Kier molecular flexibility index (Phi) is 7.30. The van der Waals surface area contributed by atoms with E-state index < -0.39 is 0 Å². The second kappa shape index (κ2) is 9.54. The Morgan fingerprint density at radius 3 is 2.53 bits per heavy atom. The minimum Gasteiger partial charge on any atom is -0.393 e. The van der Waals surface area contributed by atoms with Gasteiger partial charge in [0.1, 0.15) is 0 Å². The Morgan fingerprint density at radius 1 is 1.06 bits per heavy atom. The van der Waals surface area contributed by atoms with Crippen molar-refractivity contribution in [1.82, 2.24) is 5.32 Å². The summed E-state index contributed by atoms with van der Waals surface area (Å²) in [5.74, 6) is 3.44. The highest BCUT2D eigenvalue weighted by Crippen LogP contribution is 2.68. The average molecular weight is 449 g/mol. The van der Waals surface area contributed by atoms with Gasteiger partial charge in [-0.1, -0.05) is 20.8 Å². The molecule has 0 aromatic carbocycles. The predicted molar refractivity (Wildman–Crippen MR) is 128 cm³/mol. The zero-order chi connectivity index (χ0) is 23.1. The van der Waals surface area contributed by atoms with E-state index in [1.54, 1.807) is 0 Å². The molecule has 184 valence electrons. The molecule has 4 saturated carbocycles. The van der Waals surface area contributed by atoms with Gasteiger partial charge in [-0.2, -0.15) is 0 Å². The lowest BCUT2D eigenvalue weighted by atomic mass is 9.43. The molecule has 5 nitrogen and oxygen atoms in total. The number of carbonyl (C=O) groups is 1.